The Morgan fingerprint density at radius 2 is 0.781 bits per heavy atom. The van der Waals surface area contributed by atoms with E-state index in [1.165, 1.54) is 0 Å². The maximum atomic E-state index is 13.1. The van der Waals surface area contributed by atoms with Crippen LogP contribution in [0.2, 0.25) is 0 Å². The number of carbonyl (C=O) groups is 9. The molecule has 40 heteroatoms. The molecule has 0 atom stereocenters. The molecular weight excluding hydrogens is 1470 g/mol. The van der Waals surface area contributed by atoms with E-state index < -0.39 is 0 Å². The molecule has 598 valence electrons. The molecule has 114 heavy (non-hydrogen) atoms. The molecule has 0 bridgehead atoms. The van der Waals surface area contributed by atoms with Crippen LogP contribution in [0.5, 0.6) is 0 Å². The number of anilines is 4. The van der Waals surface area contributed by atoms with E-state index in [1.807, 2.05) is 30.5 Å². The molecule has 9 amide bonds. The van der Waals surface area contributed by atoms with Gasteiger partial charge in [-0.3, -0.25) is 68.1 Å². The van der Waals surface area contributed by atoms with Crippen LogP contribution in [0.4, 0.5) is 22.7 Å². The molecule has 0 fully saturated rings. The molecule has 5 aromatic carbocycles. The van der Waals surface area contributed by atoms with Gasteiger partial charge in [0.15, 0.2) is 29.8 Å². The molecular formula is C74H93N31O9. The van der Waals surface area contributed by atoms with Gasteiger partial charge in [-0.1, -0.05) is 44.7 Å². The third-order valence-corrected chi connectivity index (χ3v) is 16.1. The Morgan fingerprint density at radius 1 is 0.377 bits per heavy atom. The number of hydrogen-bond acceptors (Lipinski definition) is 16. The minimum atomic E-state index is -0.389. The lowest BCUT2D eigenvalue weighted by molar-refractivity contribution is -0.116. The summed E-state index contributed by atoms with van der Waals surface area (Å²) in [5.74, 6) is -2.54. The number of carbonyl (C=O) groups excluding carboxylic acids is 9. The number of fused-ring (bicyclic) bond motifs is 4. The van der Waals surface area contributed by atoms with Crippen LogP contribution in [0.15, 0.2) is 171 Å². The van der Waals surface area contributed by atoms with Gasteiger partial charge in [-0.05, 0) is 109 Å². The molecule has 40 nitrogen and oxygen atoms in total. The predicted octanol–water partition coefficient (Wildman–Crippen LogP) is 0.563. The van der Waals surface area contributed by atoms with E-state index in [-0.39, 0.29) is 154 Å². The number of aromatic nitrogens is 5. The zero-order valence-electron chi connectivity index (χ0n) is 62.4. The van der Waals surface area contributed by atoms with E-state index in [2.05, 4.69) is 105 Å². The lowest BCUT2D eigenvalue weighted by atomic mass is 10.1. The number of guanidine groups is 5. The number of nitrogens with two attached hydrogens (primary N) is 11. The second-order valence-electron chi connectivity index (χ2n) is 25.5. The third kappa shape index (κ3) is 25.6. The van der Waals surface area contributed by atoms with Gasteiger partial charge >= 0.3 is 0 Å². The van der Waals surface area contributed by atoms with Crippen molar-refractivity contribution in [1.82, 2.24) is 56.4 Å². The van der Waals surface area contributed by atoms with Gasteiger partial charge in [-0.25, -0.2) is 0 Å². The molecule has 5 heterocycles. The molecule has 0 saturated carbocycles. The quantitative estimate of drug-likeness (QED) is 0.0152. The maximum Gasteiger partial charge on any atom is 0.272 e. The first-order chi connectivity index (χ1) is 54.5. The summed E-state index contributed by atoms with van der Waals surface area (Å²) in [5.41, 5.74) is 65.7. The molecule has 0 spiro atoms. The number of rotatable bonds is 33. The highest BCUT2D eigenvalue weighted by atomic mass is 16.2. The van der Waals surface area contributed by atoms with Gasteiger partial charge in [0.1, 0.15) is 28.5 Å². The van der Waals surface area contributed by atoms with E-state index in [0.29, 0.717) is 115 Å². The van der Waals surface area contributed by atoms with Crippen molar-refractivity contribution in [3.05, 3.63) is 191 Å². The van der Waals surface area contributed by atoms with Crippen LogP contribution in [0, 0.1) is 5.92 Å². The van der Waals surface area contributed by atoms with E-state index in [9.17, 15) is 43.2 Å². The number of benzene rings is 5. The molecule has 36 N–H and O–H groups in total. The summed E-state index contributed by atoms with van der Waals surface area (Å²) in [4.78, 5) is 145. The molecule has 0 unspecified atom stereocenters. The average molecular weight is 1560 g/mol. The Bertz CT molecular complexity index is 5310. The lowest BCUT2D eigenvalue weighted by Crippen LogP contribution is -2.33. The standard InChI is InChI=1S/C26H36N10O3.C25H29N11O3.C23H28N10O3/c1-15(2)13-36-14-19(12-22(36)25(39)31-9-8-30-16(3)27)34-24(38)21-11-17-10-18(4-5-20(17)35-21)33-23(37)6-7-32-26(28)29;26-24(27)32-8-6-30-21(37)14-4-5-16-15(10-14)12-19(34-16)23(39)36-17-3-1-2-13-11-18(35-20(13)17)22(38)31-7-9-33-25(28)29;24-22(25)30-10-8-28-19(34)13-4-6-14(7-5-13)20(35)33-16-3-1-2-15-12-17(32-18(15)16)21(36)29-9-11-31-23(26)27/h4-5,10-12,14-15,30,35H,3,6-9,13,27H2,1-2H3,(H,31,39)(H,33,37)(H,34,38)(H4,28,29,32);1-5,10-12,34-35H,6-9H2,(H,30,37)(H,31,38)(H,36,39)(H4,26,27,32)(H4,28,29,33);1-7,12,32H,8-11H2,(H,28,34)(H,29,36)(H,33,35)(H4,24,25,30)(H4,26,27,31). The number of aromatic amines is 4. The molecule has 0 saturated heterocycles. The van der Waals surface area contributed by atoms with Crippen LogP contribution in [0.1, 0.15) is 104 Å². The van der Waals surface area contributed by atoms with Crippen molar-refractivity contribution in [2.24, 2.45) is 94.0 Å². The highest BCUT2D eigenvalue weighted by molar-refractivity contribution is 6.13. The third-order valence-electron chi connectivity index (χ3n) is 16.1. The topological polar surface area (TPSA) is 690 Å². The second kappa shape index (κ2) is 40.6. The van der Waals surface area contributed by atoms with Crippen molar-refractivity contribution in [2.45, 2.75) is 26.8 Å². The molecule has 0 aliphatic rings. The Labute approximate surface area is 651 Å². The number of H-pyrrole nitrogens is 4. The largest absolute Gasteiger partial charge is 0.386 e. The van der Waals surface area contributed by atoms with Gasteiger partial charge in [-0.2, -0.15) is 0 Å². The van der Waals surface area contributed by atoms with Crippen LogP contribution < -0.4 is 116 Å². The molecule has 10 rings (SSSR count). The van der Waals surface area contributed by atoms with E-state index in [1.54, 1.807) is 121 Å². The second-order valence-corrected chi connectivity index (χ2v) is 25.5. The molecule has 0 aliphatic carbocycles. The van der Waals surface area contributed by atoms with Crippen molar-refractivity contribution in [2.75, 3.05) is 93.3 Å². The normalized spacial score (nSPS) is 10.6. The SMILES string of the molecule is C=C(N)NCCNC(=O)c1cc(NC(=O)c2cc3cc(NC(=O)CCN=C(N)N)ccc3[nH]2)cn1CC(C)C.NC(N)=NCCNC(=O)c1ccc(C(=O)Nc2cccc3cc(C(=O)NCCN=C(N)N)[nH]c23)cc1.NC(N)=NCCNC(=O)c1ccc2[nH]c(C(=O)Nc3cccc4cc(C(=O)NCCN=C(N)N)[nH]c34)cc2c1. The Balaban J connectivity index is 0.000000214. The van der Waals surface area contributed by atoms with Crippen molar-refractivity contribution < 1.29 is 43.2 Å². The Hall–Kier alpha value is -15.5. The summed E-state index contributed by atoms with van der Waals surface area (Å²) >= 11 is 0. The first-order valence-electron chi connectivity index (χ1n) is 35.4. The minimum absolute atomic E-state index is 0.0433. The van der Waals surface area contributed by atoms with Gasteiger partial charge in [0, 0.05) is 113 Å². The first-order valence-corrected chi connectivity index (χ1v) is 35.4. The number of nitrogens with one attached hydrogen (secondary N) is 14. The van der Waals surface area contributed by atoms with Crippen molar-refractivity contribution >= 4 is 149 Å². The van der Waals surface area contributed by atoms with Crippen LogP contribution in [0.3, 0.4) is 0 Å². The van der Waals surface area contributed by atoms with Gasteiger partial charge in [0.2, 0.25) is 5.91 Å². The number of para-hydroxylation sites is 2. The summed E-state index contributed by atoms with van der Waals surface area (Å²) in [6.07, 6.45) is 1.87. The number of aliphatic imine (C=N–C) groups is 5. The number of nitrogens with zero attached hydrogens (tertiary/aromatic N) is 6. The molecule has 10 aromatic rings. The monoisotopic (exact) mass is 1560 g/mol. The highest BCUT2D eigenvalue weighted by Crippen LogP contribution is 2.28. The summed E-state index contributed by atoms with van der Waals surface area (Å²) in [5, 5.41) is 30.8. The lowest BCUT2D eigenvalue weighted by Gasteiger charge is -2.12. The fraction of sp³-hybridized carbons (Fsp3) is 0.216. The number of amides is 9. The molecule has 0 radical (unpaired) electrons. The van der Waals surface area contributed by atoms with Gasteiger partial charge < -0.3 is 141 Å². The van der Waals surface area contributed by atoms with Crippen LogP contribution in [0.25, 0.3) is 43.6 Å². The zero-order chi connectivity index (χ0) is 82.5. The minimum Gasteiger partial charge on any atom is -0.386 e. The van der Waals surface area contributed by atoms with Crippen LogP contribution in [-0.4, -0.2) is 179 Å². The highest BCUT2D eigenvalue weighted by Gasteiger charge is 2.21. The van der Waals surface area contributed by atoms with Crippen LogP contribution in [-0.2, 0) is 11.3 Å². The summed E-state index contributed by atoms with van der Waals surface area (Å²) < 4.78 is 1.82. The van der Waals surface area contributed by atoms with Crippen LogP contribution >= 0.6 is 0 Å². The van der Waals surface area contributed by atoms with Crippen molar-refractivity contribution in [3.63, 3.8) is 0 Å². The smallest absolute Gasteiger partial charge is 0.272 e. The van der Waals surface area contributed by atoms with Crippen molar-refractivity contribution in [3.8, 4) is 0 Å². The molecule has 0 aliphatic heterocycles. The van der Waals surface area contributed by atoms with Gasteiger partial charge in [-0.15, -0.1) is 0 Å². The fourth-order valence-electron chi connectivity index (χ4n) is 11.0. The summed E-state index contributed by atoms with van der Waals surface area (Å²) in [7, 11) is 0. The van der Waals surface area contributed by atoms with Gasteiger partial charge in [0.25, 0.3) is 47.3 Å². The Morgan fingerprint density at radius 3 is 1.27 bits per heavy atom. The summed E-state index contributed by atoms with van der Waals surface area (Å²) in [6, 6.07) is 35.5. The fourth-order valence-corrected chi connectivity index (χ4v) is 11.0. The van der Waals surface area contributed by atoms with Gasteiger partial charge in [0.05, 0.1) is 66.6 Å². The predicted molar refractivity (Wildman–Crippen MR) is 442 cm³/mol. The number of hydrogen-bond donors (Lipinski definition) is 25. The summed E-state index contributed by atoms with van der Waals surface area (Å²) in [6.45, 7) is 11.4. The first kappa shape index (κ1) is 84.1. The average Bonchev–Trinajstić information content (AvgIpc) is 1.67. The van der Waals surface area contributed by atoms with E-state index >= 15 is 0 Å². The van der Waals surface area contributed by atoms with E-state index in [4.69, 9.17) is 63.1 Å². The van der Waals surface area contributed by atoms with Crippen molar-refractivity contribution in [1.29, 1.82) is 0 Å². The Kier molecular flexibility index (Phi) is 29.9. The molecule has 5 aromatic heterocycles. The van der Waals surface area contributed by atoms with E-state index in [0.717, 1.165) is 21.7 Å². The zero-order valence-corrected chi connectivity index (χ0v) is 62.4. The maximum absolute atomic E-state index is 13.1.